The first kappa shape index (κ1) is 15.5. The molecule has 3 rings (SSSR count). The van der Waals surface area contributed by atoms with Crippen molar-refractivity contribution in [1.82, 2.24) is 4.98 Å². The predicted molar refractivity (Wildman–Crippen MR) is 85.8 cm³/mol. The van der Waals surface area contributed by atoms with Crippen LogP contribution in [0, 0.1) is 5.92 Å². The zero-order valence-electron chi connectivity index (χ0n) is 12.3. The van der Waals surface area contributed by atoms with E-state index in [2.05, 4.69) is 10.3 Å². The van der Waals surface area contributed by atoms with Crippen LogP contribution in [-0.4, -0.2) is 28.6 Å². The zero-order chi connectivity index (χ0) is 16.2. The van der Waals surface area contributed by atoms with Gasteiger partial charge >= 0.3 is 5.97 Å². The van der Waals surface area contributed by atoms with Crippen molar-refractivity contribution >= 4 is 28.3 Å². The van der Waals surface area contributed by atoms with Gasteiger partial charge in [-0.1, -0.05) is 18.2 Å². The molecular weight excluding hydrogens is 316 g/mol. The second-order valence-corrected chi connectivity index (χ2v) is 6.40. The number of thiazole rings is 1. The maximum atomic E-state index is 11.9. The van der Waals surface area contributed by atoms with Gasteiger partial charge in [-0.15, -0.1) is 11.3 Å². The molecule has 23 heavy (non-hydrogen) atoms. The highest BCUT2D eigenvalue weighted by molar-refractivity contribution is 7.15. The standard InChI is InChI=1S/C16H16N2O4S/c19-14(9-22-11-4-2-1-3-5-11)18-16-17-12-7-6-10(15(20)21)8-13(12)23-16/h1-5,10H,6-9H2,(H,20,21)(H,17,18,19). The topological polar surface area (TPSA) is 88.5 Å². The molecule has 6 nitrogen and oxygen atoms in total. The number of carbonyl (C=O) groups is 2. The van der Waals surface area contributed by atoms with Crippen LogP contribution in [0.3, 0.4) is 0 Å². The molecule has 2 N–H and O–H groups in total. The maximum Gasteiger partial charge on any atom is 0.306 e. The minimum Gasteiger partial charge on any atom is -0.484 e. The van der Waals surface area contributed by atoms with Crippen LogP contribution < -0.4 is 10.1 Å². The highest BCUT2D eigenvalue weighted by atomic mass is 32.1. The van der Waals surface area contributed by atoms with E-state index >= 15 is 0 Å². The fourth-order valence-electron chi connectivity index (χ4n) is 2.46. The Morgan fingerprint density at radius 2 is 2.13 bits per heavy atom. The number of hydrogen-bond donors (Lipinski definition) is 2. The van der Waals surface area contributed by atoms with Gasteiger partial charge in [-0.25, -0.2) is 4.98 Å². The Hall–Kier alpha value is -2.41. The van der Waals surface area contributed by atoms with Crippen molar-refractivity contribution in [2.75, 3.05) is 11.9 Å². The fourth-order valence-corrected chi connectivity index (χ4v) is 3.56. The number of amides is 1. The van der Waals surface area contributed by atoms with E-state index in [-0.39, 0.29) is 18.4 Å². The molecular formula is C16H16N2O4S. The number of ether oxygens (including phenoxy) is 1. The number of carbonyl (C=O) groups excluding carboxylic acids is 1. The van der Waals surface area contributed by atoms with E-state index in [1.807, 2.05) is 18.2 Å². The van der Waals surface area contributed by atoms with Crippen LogP contribution in [0.2, 0.25) is 0 Å². The predicted octanol–water partition coefficient (Wildman–Crippen LogP) is 2.35. The molecule has 7 heteroatoms. The van der Waals surface area contributed by atoms with E-state index < -0.39 is 5.97 Å². The van der Waals surface area contributed by atoms with E-state index in [9.17, 15) is 9.59 Å². The quantitative estimate of drug-likeness (QED) is 0.877. The van der Waals surface area contributed by atoms with E-state index in [1.54, 1.807) is 12.1 Å². The summed E-state index contributed by atoms with van der Waals surface area (Å²) in [5.74, 6) is -0.779. The Morgan fingerprint density at radius 1 is 1.35 bits per heavy atom. The summed E-state index contributed by atoms with van der Waals surface area (Å²) in [6.07, 6.45) is 1.72. The first-order valence-electron chi connectivity index (χ1n) is 7.31. The molecule has 1 aromatic carbocycles. The third-order valence-electron chi connectivity index (χ3n) is 3.65. The molecule has 1 aromatic heterocycles. The van der Waals surface area contributed by atoms with E-state index in [4.69, 9.17) is 9.84 Å². The number of para-hydroxylation sites is 1. The second-order valence-electron chi connectivity index (χ2n) is 5.32. The molecule has 1 amide bonds. The maximum absolute atomic E-state index is 11.9. The van der Waals surface area contributed by atoms with Gasteiger partial charge in [-0.3, -0.25) is 14.9 Å². The van der Waals surface area contributed by atoms with Gasteiger partial charge in [-0.2, -0.15) is 0 Å². The summed E-state index contributed by atoms with van der Waals surface area (Å²) in [4.78, 5) is 28.3. The number of hydrogen-bond acceptors (Lipinski definition) is 5. The first-order chi connectivity index (χ1) is 11.1. The van der Waals surface area contributed by atoms with Gasteiger partial charge in [-0.05, 0) is 31.4 Å². The zero-order valence-corrected chi connectivity index (χ0v) is 13.1. The molecule has 0 spiro atoms. The number of aromatic nitrogens is 1. The average molecular weight is 332 g/mol. The third kappa shape index (κ3) is 3.87. The Kier molecular flexibility index (Phi) is 4.57. The van der Waals surface area contributed by atoms with Crippen LogP contribution in [0.25, 0.3) is 0 Å². The van der Waals surface area contributed by atoms with Crippen LogP contribution in [0.15, 0.2) is 30.3 Å². The fraction of sp³-hybridized carbons (Fsp3) is 0.312. The molecule has 1 aliphatic rings. The molecule has 0 aliphatic heterocycles. The summed E-state index contributed by atoms with van der Waals surface area (Å²) in [6.45, 7) is -0.0913. The number of nitrogens with one attached hydrogen (secondary N) is 1. The average Bonchev–Trinajstić information content (AvgIpc) is 2.95. The van der Waals surface area contributed by atoms with Crippen LogP contribution >= 0.6 is 11.3 Å². The van der Waals surface area contributed by atoms with Crippen LogP contribution in [0.5, 0.6) is 5.75 Å². The molecule has 0 saturated carbocycles. The summed E-state index contributed by atoms with van der Waals surface area (Å²) >= 11 is 1.34. The summed E-state index contributed by atoms with van der Waals surface area (Å²) in [5.41, 5.74) is 0.895. The highest BCUT2D eigenvalue weighted by Crippen LogP contribution is 2.32. The summed E-state index contributed by atoms with van der Waals surface area (Å²) < 4.78 is 5.38. The van der Waals surface area contributed by atoms with Crippen molar-refractivity contribution in [1.29, 1.82) is 0 Å². The SMILES string of the molecule is O=C(COc1ccccc1)Nc1nc2c(s1)CC(C(=O)O)CC2. The smallest absolute Gasteiger partial charge is 0.306 e. The summed E-state index contributed by atoms with van der Waals surface area (Å²) in [5, 5.41) is 12.3. The lowest BCUT2D eigenvalue weighted by molar-refractivity contribution is -0.142. The number of rotatable bonds is 5. The Balaban J connectivity index is 1.56. The van der Waals surface area contributed by atoms with Gasteiger partial charge in [0.15, 0.2) is 11.7 Å². The van der Waals surface area contributed by atoms with Crippen molar-refractivity contribution in [3.63, 3.8) is 0 Å². The monoisotopic (exact) mass is 332 g/mol. The van der Waals surface area contributed by atoms with Crippen LogP contribution in [-0.2, 0) is 22.4 Å². The largest absolute Gasteiger partial charge is 0.484 e. The Labute approximate surface area is 137 Å². The van der Waals surface area contributed by atoms with Crippen LogP contribution in [0.4, 0.5) is 5.13 Å². The molecule has 0 saturated heterocycles. The second kappa shape index (κ2) is 6.78. The van der Waals surface area contributed by atoms with Crippen molar-refractivity contribution < 1.29 is 19.4 Å². The molecule has 1 unspecified atom stereocenters. The Morgan fingerprint density at radius 3 is 2.87 bits per heavy atom. The number of carboxylic acids is 1. The number of nitrogens with zero attached hydrogens (tertiary/aromatic N) is 1. The molecule has 0 radical (unpaired) electrons. The summed E-state index contributed by atoms with van der Waals surface area (Å²) in [6, 6.07) is 9.10. The minimum absolute atomic E-state index is 0.0913. The first-order valence-corrected chi connectivity index (χ1v) is 8.12. The van der Waals surface area contributed by atoms with E-state index in [0.29, 0.717) is 30.1 Å². The number of aryl methyl sites for hydroxylation is 1. The number of fused-ring (bicyclic) bond motifs is 1. The highest BCUT2D eigenvalue weighted by Gasteiger charge is 2.27. The van der Waals surface area contributed by atoms with Crippen molar-refractivity contribution in [2.24, 2.45) is 5.92 Å². The van der Waals surface area contributed by atoms with Gasteiger partial charge in [0.2, 0.25) is 0 Å². The molecule has 0 fully saturated rings. The van der Waals surface area contributed by atoms with Gasteiger partial charge < -0.3 is 9.84 Å². The van der Waals surface area contributed by atoms with Crippen molar-refractivity contribution in [3.8, 4) is 5.75 Å². The molecule has 120 valence electrons. The molecule has 1 aliphatic carbocycles. The van der Waals surface area contributed by atoms with Gasteiger partial charge in [0, 0.05) is 4.88 Å². The normalized spacial score (nSPS) is 16.4. The lowest BCUT2D eigenvalue weighted by Gasteiger charge is -2.16. The molecule has 2 aromatic rings. The van der Waals surface area contributed by atoms with Crippen molar-refractivity contribution in [3.05, 3.63) is 40.9 Å². The van der Waals surface area contributed by atoms with Gasteiger partial charge in [0.25, 0.3) is 5.91 Å². The molecule has 0 bridgehead atoms. The Bertz CT molecular complexity index is 714. The van der Waals surface area contributed by atoms with E-state index in [1.165, 1.54) is 11.3 Å². The number of carboxylic acid groups (broad SMARTS) is 1. The lowest BCUT2D eigenvalue weighted by atomic mass is 9.91. The molecule has 1 atom stereocenters. The van der Waals surface area contributed by atoms with Gasteiger partial charge in [0.05, 0.1) is 11.6 Å². The van der Waals surface area contributed by atoms with E-state index in [0.717, 1.165) is 10.6 Å². The number of benzene rings is 1. The van der Waals surface area contributed by atoms with Gasteiger partial charge in [0.1, 0.15) is 5.75 Å². The number of anilines is 1. The summed E-state index contributed by atoms with van der Waals surface area (Å²) in [7, 11) is 0. The number of aliphatic carboxylic acids is 1. The lowest BCUT2D eigenvalue weighted by Crippen LogP contribution is -2.21. The molecule has 1 heterocycles. The van der Waals surface area contributed by atoms with Crippen LogP contribution in [0.1, 0.15) is 17.0 Å². The van der Waals surface area contributed by atoms with Crippen molar-refractivity contribution in [2.45, 2.75) is 19.3 Å². The third-order valence-corrected chi connectivity index (χ3v) is 4.68. The minimum atomic E-state index is -0.772.